The third-order valence-electron chi connectivity index (χ3n) is 3.58. The Balaban J connectivity index is 2.15. The topological polar surface area (TPSA) is 90.3 Å². The van der Waals surface area contributed by atoms with Crippen molar-refractivity contribution in [2.24, 2.45) is 0 Å². The second-order valence-electron chi connectivity index (χ2n) is 4.75. The average Bonchev–Trinajstić information content (AvgIpc) is 2.53. The van der Waals surface area contributed by atoms with Gasteiger partial charge in [0.15, 0.2) is 0 Å². The highest BCUT2D eigenvalue weighted by atomic mass is 16.5. The molecular formula is C14H18N2O5. The Morgan fingerprint density at radius 1 is 1.24 bits per heavy atom. The molecule has 7 nitrogen and oxygen atoms in total. The van der Waals surface area contributed by atoms with Crippen molar-refractivity contribution in [3.05, 3.63) is 29.3 Å². The fourth-order valence-electron chi connectivity index (χ4n) is 2.37. The van der Waals surface area contributed by atoms with Gasteiger partial charge in [-0.1, -0.05) is 0 Å². The number of methoxy groups -OCH3 is 1. The Hall–Kier alpha value is -2.28. The summed E-state index contributed by atoms with van der Waals surface area (Å²) < 4.78 is 4.67. The lowest BCUT2D eigenvalue weighted by Gasteiger charge is -2.34. The van der Waals surface area contributed by atoms with Gasteiger partial charge in [0.05, 0.1) is 19.3 Å². The van der Waals surface area contributed by atoms with Crippen LogP contribution in [0.2, 0.25) is 0 Å². The number of amides is 1. The minimum Gasteiger partial charge on any atom is -0.465 e. The lowest BCUT2D eigenvalue weighted by molar-refractivity contribution is 0.0597. The molecule has 2 N–H and O–H groups in total. The molecule has 1 aromatic carbocycles. The molecule has 114 valence electrons. The van der Waals surface area contributed by atoms with E-state index in [0.29, 0.717) is 37.3 Å². The number of anilines is 1. The van der Waals surface area contributed by atoms with E-state index in [9.17, 15) is 14.7 Å². The van der Waals surface area contributed by atoms with Crippen molar-refractivity contribution in [1.29, 1.82) is 0 Å². The van der Waals surface area contributed by atoms with Crippen LogP contribution in [-0.4, -0.2) is 60.5 Å². The van der Waals surface area contributed by atoms with E-state index >= 15 is 0 Å². The van der Waals surface area contributed by atoms with E-state index in [0.717, 1.165) is 5.69 Å². The molecule has 1 aliphatic rings. The number of carboxylic acid groups (broad SMARTS) is 1. The Labute approximate surface area is 122 Å². The second kappa shape index (κ2) is 6.45. The summed E-state index contributed by atoms with van der Waals surface area (Å²) in [5.41, 5.74) is 1.70. The first-order valence-corrected chi connectivity index (χ1v) is 6.61. The van der Waals surface area contributed by atoms with Crippen LogP contribution >= 0.6 is 0 Å². The SMILES string of the molecule is COC(=O)c1ccc(N2CCN(C(=O)O)CC2)cc1CO. The number of aliphatic hydroxyl groups is 1. The Kier molecular flexibility index (Phi) is 4.64. The molecule has 1 aromatic rings. The number of esters is 1. The van der Waals surface area contributed by atoms with Gasteiger partial charge >= 0.3 is 12.1 Å². The number of hydrogen-bond donors (Lipinski definition) is 2. The molecule has 1 amide bonds. The summed E-state index contributed by atoms with van der Waals surface area (Å²) in [6, 6.07) is 5.14. The summed E-state index contributed by atoms with van der Waals surface area (Å²) in [4.78, 5) is 25.8. The molecule has 1 heterocycles. The predicted molar refractivity (Wildman–Crippen MR) is 75.5 cm³/mol. The molecule has 0 aromatic heterocycles. The molecule has 7 heteroatoms. The van der Waals surface area contributed by atoms with Gasteiger partial charge in [-0.05, 0) is 23.8 Å². The number of piperazine rings is 1. The van der Waals surface area contributed by atoms with Crippen molar-refractivity contribution < 1.29 is 24.5 Å². The van der Waals surface area contributed by atoms with Gasteiger partial charge in [-0.15, -0.1) is 0 Å². The molecule has 0 aliphatic carbocycles. The van der Waals surface area contributed by atoms with Gasteiger partial charge in [-0.3, -0.25) is 0 Å². The van der Waals surface area contributed by atoms with Crippen molar-refractivity contribution in [2.75, 3.05) is 38.2 Å². The normalized spacial score (nSPS) is 15.0. The van der Waals surface area contributed by atoms with Gasteiger partial charge < -0.3 is 24.7 Å². The first-order valence-electron chi connectivity index (χ1n) is 6.61. The van der Waals surface area contributed by atoms with Gasteiger partial charge in [0.1, 0.15) is 0 Å². The highest BCUT2D eigenvalue weighted by Gasteiger charge is 2.21. The van der Waals surface area contributed by atoms with Crippen LogP contribution in [0.4, 0.5) is 10.5 Å². The first kappa shape index (κ1) is 15.1. The Bertz CT molecular complexity index is 538. The van der Waals surface area contributed by atoms with Gasteiger partial charge in [-0.2, -0.15) is 0 Å². The molecule has 2 rings (SSSR count). The minimum atomic E-state index is -0.910. The predicted octanol–water partition coefficient (Wildman–Crippen LogP) is 0.765. The van der Waals surface area contributed by atoms with Gasteiger partial charge in [0.25, 0.3) is 0 Å². The molecule has 1 fully saturated rings. The van der Waals surface area contributed by atoms with Crippen LogP contribution in [-0.2, 0) is 11.3 Å². The monoisotopic (exact) mass is 294 g/mol. The van der Waals surface area contributed by atoms with Crippen LogP contribution in [0.3, 0.4) is 0 Å². The zero-order valence-electron chi connectivity index (χ0n) is 11.8. The minimum absolute atomic E-state index is 0.257. The van der Waals surface area contributed by atoms with E-state index in [1.165, 1.54) is 12.0 Å². The molecule has 0 atom stereocenters. The van der Waals surface area contributed by atoms with E-state index in [1.54, 1.807) is 18.2 Å². The van der Waals surface area contributed by atoms with Gasteiger partial charge in [0.2, 0.25) is 0 Å². The van der Waals surface area contributed by atoms with E-state index in [1.807, 2.05) is 4.90 Å². The van der Waals surface area contributed by atoms with E-state index in [2.05, 4.69) is 4.74 Å². The zero-order chi connectivity index (χ0) is 15.4. The molecule has 0 unspecified atom stereocenters. The molecule has 1 aliphatic heterocycles. The van der Waals surface area contributed by atoms with Crippen molar-refractivity contribution in [3.8, 4) is 0 Å². The average molecular weight is 294 g/mol. The van der Waals surface area contributed by atoms with E-state index in [4.69, 9.17) is 5.11 Å². The summed E-state index contributed by atoms with van der Waals surface area (Å²) >= 11 is 0. The third kappa shape index (κ3) is 3.25. The first-order chi connectivity index (χ1) is 10.1. The molecule has 1 saturated heterocycles. The van der Waals surface area contributed by atoms with Crippen LogP contribution in [0, 0.1) is 0 Å². The van der Waals surface area contributed by atoms with E-state index in [-0.39, 0.29) is 6.61 Å². The number of ether oxygens (including phenoxy) is 1. The molecule has 0 spiro atoms. The maximum atomic E-state index is 11.6. The molecule has 21 heavy (non-hydrogen) atoms. The van der Waals surface area contributed by atoms with Crippen molar-refractivity contribution in [1.82, 2.24) is 4.90 Å². The van der Waals surface area contributed by atoms with Gasteiger partial charge in [0, 0.05) is 31.9 Å². The van der Waals surface area contributed by atoms with Crippen LogP contribution < -0.4 is 4.90 Å². The largest absolute Gasteiger partial charge is 0.465 e. The van der Waals surface area contributed by atoms with Crippen LogP contribution in [0.1, 0.15) is 15.9 Å². The molecular weight excluding hydrogens is 276 g/mol. The second-order valence-corrected chi connectivity index (χ2v) is 4.75. The maximum Gasteiger partial charge on any atom is 0.407 e. The fourth-order valence-corrected chi connectivity index (χ4v) is 2.37. The number of aliphatic hydroxyl groups excluding tert-OH is 1. The van der Waals surface area contributed by atoms with Crippen LogP contribution in [0.5, 0.6) is 0 Å². The lowest BCUT2D eigenvalue weighted by Crippen LogP contribution is -2.48. The zero-order valence-corrected chi connectivity index (χ0v) is 11.8. The van der Waals surface area contributed by atoms with Gasteiger partial charge in [-0.25, -0.2) is 9.59 Å². The molecule has 0 radical (unpaired) electrons. The molecule has 0 bridgehead atoms. The highest BCUT2D eigenvalue weighted by Crippen LogP contribution is 2.22. The summed E-state index contributed by atoms with van der Waals surface area (Å²) in [5, 5.41) is 18.3. The van der Waals surface area contributed by atoms with Crippen molar-refractivity contribution in [3.63, 3.8) is 0 Å². The number of carbonyl (C=O) groups excluding carboxylic acids is 1. The van der Waals surface area contributed by atoms with Crippen LogP contribution in [0.25, 0.3) is 0 Å². The van der Waals surface area contributed by atoms with Crippen molar-refractivity contribution in [2.45, 2.75) is 6.61 Å². The quantitative estimate of drug-likeness (QED) is 0.800. The summed E-state index contributed by atoms with van der Waals surface area (Å²) in [6.45, 7) is 1.77. The summed E-state index contributed by atoms with van der Waals surface area (Å²) in [6.07, 6.45) is -0.910. The number of hydrogen-bond acceptors (Lipinski definition) is 5. The smallest absolute Gasteiger partial charge is 0.407 e. The summed E-state index contributed by atoms with van der Waals surface area (Å²) in [5.74, 6) is -0.485. The van der Waals surface area contributed by atoms with Crippen LogP contribution in [0.15, 0.2) is 18.2 Å². The summed E-state index contributed by atoms with van der Waals surface area (Å²) in [7, 11) is 1.29. The Morgan fingerprint density at radius 2 is 1.90 bits per heavy atom. The molecule has 0 saturated carbocycles. The number of nitrogens with zero attached hydrogens (tertiary/aromatic N) is 2. The number of benzene rings is 1. The fraction of sp³-hybridized carbons (Fsp3) is 0.429. The lowest BCUT2D eigenvalue weighted by atomic mass is 10.1. The Morgan fingerprint density at radius 3 is 2.43 bits per heavy atom. The van der Waals surface area contributed by atoms with Crippen molar-refractivity contribution >= 4 is 17.7 Å². The third-order valence-corrected chi connectivity index (χ3v) is 3.58. The maximum absolute atomic E-state index is 11.6. The number of carbonyl (C=O) groups is 2. The number of rotatable bonds is 3. The highest BCUT2D eigenvalue weighted by molar-refractivity contribution is 5.91. The van der Waals surface area contributed by atoms with E-state index < -0.39 is 12.1 Å². The standard InChI is InChI=1S/C14H18N2O5/c1-21-13(18)12-3-2-11(8-10(12)9-17)15-4-6-16(7-5-15)14(19)20/h2-3,8,17H,4-7,9H2,1H3,(H,19,20).